The molecule has 2 N–H and O–H groups in total. The van der Waals surface area contributed by atoms with E-state index in [1.807, 2.05) is 13.8 Å². The summed E-state index contributed by atoms with van der Waals surface area (Å²) in [7, 11) is -3.34. The van der Waals surface area contributed by atoms with Crippen molar-refractivity contribution in [3.05, 3.63) is 0 Å². The van der Waals surface area contributed by atoms with Gasteiger partial charge >= 0.3 is 0 Å². The Morgan fingerprint density at radius 2 is 1.87 bits per heavy atom. The van der Waals surface area contributed by atoms with Gasteiger partial charge < -0.3 is 5.11 Å². The summed E-state index contributed by atoms with van der Waals surface area (Å²) < 4.78 is 25.7. The van der Waals surface area contributed by atoms with E-state index in [0.29, 0.717) is 5.88 Å². The van der Waals surface area contributed by atoms with Gasteiger partial charge in [0.25, 0.3) is 0 Å². The summed E-state index contributed by atoms with van der Waals surface area (Å²) in [6.45, 7) is 5.30. The van der Waals surface area contributed by atoms with Crippen LogP contribution in [0.15, 0.2) is 0 Å². The number of hydrogen-bond donors (Lipinski definition) is 2. The summed E-state index contributed by atoms with van der Waals surface area (Å²) in [5.74, 6) is 0.290. The van der Waals surface area contributed by atoms with Crippen molar-refractivity contribution in [1.29, 1.82) is 0 Å². The lowest BCUT2D eigenvalue weighted by molar-refractivity contribution is 0.227. The van der Waals surface area contributed by atoms with Gasteiger partial charge in [-0.1, -0.05) is 20.8 Å². The van der Waals surface area contributed by atoms with E-state index in [1.165, 1.54) is 0 Å². The van der Waals surface area contributed by atoms with Crippen molar-refractivity contribution in [3.63, 3.8) is 0 Å². The van der Waals surface area contributed by atoms with Crippen LogP contribution in [0, 0.1) is 11.8 Å². The number of aliphatic hydroxyl groups is 1. The number of sulfonamides is 1. The average molecular weight is 258 g/mol. The molecule has 0 aromatic carbocycles. The second kappa shape index (κ2) is 6.68. The van der Waals surface area contributed by atoms with E-state index < -0.39 is 16.1 Å². The highest BCUT2D eigenvalue weighted by Crippen LogP contribution is 2.06. The second-order valence-corrected chi connectivity index (χ2v) is 6.30. The molecule has 0 aliphatic heterocycles. The normalized spacial score (nSPS) is 16.7. The molecular formula is C9H20ClNO3S. The predicted molar refractivity (Wildman–Crippen MR) is 62.5 cm³/mol. The minimum Gasteiger partial charge on any atom is -0.395 e. The van der Waals surface area contributed by atoms with Gasteiger partial charge in [-0.15, -0.1) is 11.6 Å². The van der Waals surface area contributed by atoms with Gasteiger partial charge in [0.15, 0.2) is 0 Å². The van der Waals surface area contributed by atoms with Crippen molar-refractivity contribution in [2.45, 2.75) is 26.8 Å². The van der Waals surface area contributed by atoms with E-state index >= 15 is 0 Å². The van der Waals surface area contributed by atoms with Crippen molar-refractivity contribution in [2.24, 2.45) is 11.8 Å². The minimum absolute atomic E-state index is 0.000278. The first-order valence-electron chi connectivity index (χ1n) is 4.99. The fourth-order valence-electron chi connectivity index (χ4n) is 1.08. The van der Waals surface area contributed by atoms with Gasteiger partial charge in [0.2, 0.25) is 10.0 Å². The van der Waals surface area contributed by atoms with Crippen LogP contribution >= 0.6 is 11.6 Å². The van der Waals surface area contributed by atoms with Crippen molar-refractivity contribution in [3.8, 4) is 0 Å². The molecule has 0 fully saturated rings. The van der Waals surface area contributed by atoms with Crippen molar-refractivity contribution in [1.82, 2.24) is 4.72 Å². The molecule has 0 heterocycles. The summed E-state index contributed by atoms with van der Waals surface area (Å²) in [5.41, 5.74) is 0. The fourth-order valence-corrected chi connectivity index (χ4v) is 3.09. The number of alkyl halides is 1. The first-order chi connectivity index (χ1) is 6.82. The number of nitrogens with one attached hydrogen (secondary N) is 1. The van der Waals surface area contributed by atoms with Gasteiger partial charge in [0, 0.05) is 11.9 Å². The van der Waals surface area contributed by atoms with Gasteiger partial charge in [0.1, 0.15) is 0 Å². The highest BCUT2D eigenvalue weighted by molar-refractivity contribution is 7.89. The maximum absolute atomic E-state index is 11.6. The third-order valence-electron chi connectivity index (χ3n) is 2.10. The van der Waals surface area contributed by atoms with Gasteiger partial charge in [-0.3, -0.25) is 0 Å². The maximum atomic E-state index is 11.6. The van der Waals surface area contributed by atoms with Gasteiger partial charge in [-0.25, -0.2) is 13.1 Å². The molecule has 0 saturated carbocycles. The summed E-state index contributed by atoms with van der Waals surface area (Å²) in [6, 6.07) is -0.419. The van der Waals surface area contributed by atoms with Crippen LogP contribution < -0.4 is 4.72 Å². The monoisotopic (exact) mass is 257 g/mol. The van der Waals surface area contributed by atoms with E-state index in [9.17, 15) is 8.42 Å². The van der Waals surface area contributed by atoms with Crippen LogP contribution in [0.1, 0.15) is 20.8 Å². The third kappa shape index (κ3) is 6.35. The molecule has 0 radical (unpaired) electrons. The average Bonchev–Trinajstić information content (AvgIpc) is 2.13. The molecule has 0 amide bonds. The number of rotatable bonds is 7. The zero-order chi connectivity index (χ0) is 12.1. The van der Waals surface area contributed by atoms with Gasteiger partial charge in [0.05, 0.1) is 12.4 Å². The zero-order valence-corrected chi connectivity index (χ0v) is 11.0. The summed E-state index contributed by atoms with van der Waals surface area (Å²) in [4.78, 5) is 0. The largest absolute Gasteiger partial charge is 0.395 e. The highest BCUT2D eigenvalue weighted by Gasteiger charge is 2.21. The molecule has 1 unspecified atom stereocenters. The van der Waals surface area contributed by atoms with E-state index in [2.05, 4.69) is 4.72 Å². The third-order valence-corrected chi connectivity index (χ3v) is 4.30. The number of aliphatic hydroxyl groups excluding tert-OH is 1. The molecule has 6 heteroatoms. The van der Waals surface area contributed by atoms with E-state index in [0.717, 1.165) is 0 Å². The van der Waals surface area contributed by atoms with Crippen LogP contribution in [-0.4, -0.2) is 37.8 Å². The predicted octanol–water partition coefficient (Wildman–Crippen LogP) is 0.798. The quantitative estimate of drug-likeness (QED) is 0.663. The van der Waals surface area contributed by atoms with Gasteiger partial charge in [-0.2, -0.15) is 0 Å². The molecule has 15 heavy (non-hydrogen) atoms. The molecular weight excluding hydrogens is 238 g/mol. The Hall–Kier alpha value is 0.160. The first kappa shape index (κ1) is 15.2. The van der Waals surface area contributed by atoms with Crippen molar-refractivity contribution >= 4 is 21.6 Å². The summed E-state index contributed by atoms with van der Waals surface area (Å²) >= 11 is 5.55. The maximum Gasteiger partial charge on any atom is 0.212 e. The molecule has 4 nitrogen and oxygen atoms in total. The summed E-state index contributed by atoms with van der Waals surface area (Å²) in [6.07, 6.45) is 0. The molecule has 0 aliphatic rings. The highest BCUT2D eigenvalue weighted by atomic mass is 35.5. The lowest BCUT2D eigenvalue weighted by Gasteiger charge is -2.20. The lowest BCUT2D eigenvalue weighted by atomic mass is 10.1. The van der Waals surface area contributed by atoms with Crippen LogP contribution in [0.2, 0.25) is 0 Å². The molecule has 0 aromatic heterocycles. The standard InChI is InChI=1S/C9H20ClNO3S/c1-7(2)9(5-12)11-15(13,14)6-8(3)4-10/h7-9,11-12H,4-6H2,1-3H3/t8?,9-/m1/s1. The summed E-state index contributed by atoms with van der Waals surface area (Å²) in [5, 5.41) is 9.00. The second-order valence-electron chi connectivity index (χ2n) is 4.19. The minimum atomic E-state index is -3.34. The Labute approximate surface area is 97.1 Å². The molecule has 0 aromatic rings. The Balaban J connectivity index is 4.36. The van der Waals surface area contributed by atoms with E-state index in [1.54, 1.807) is 6.92 Å². The molecule has 0 aliphatic carbocycles. The fraction of sp³-hybridized carbons (Fsp3) is 1.00. The smallest absolute Gasteiger partial charge is 0.212 e. The topological polar surface area (TPSA) is 66.4 Å². The Kier molecular flexibility index (Phi) is 6.75. The van der Waals surface area contributed by atoms with Crippen LogP contribution in [0.3, 0.4) is 0 Å². The van der Waals surface area contributed by atoms with Crippen LogP contribution in [0.25, 0.3) is 0 Å². The molecule has 0 bridgehead atoms. The number of hydrogen-bond acceptors (Lipinski definition) is 3. The molecule has 0 spiro atoms. The first-order valence-corrected chi connectivity index (χ1v) is 7.18. The molecule has 92 valence electrons. The molecule has 0 rings (SSSR count). The lowest BCUT2D eigenvalue weighted by Crippen LogP contribution is -2.43. The Morgan fingerprint density at radius 1 is 1.33 bits per heavy atom. The van der Waals surface area contributed by atoms with Crippen LogP contribution in [0.5, 0.6) is 0 Å². The number of halogens is 1. The van der Waals surface area contributed by atoms with Crippen molar-refractivity contribution in [2.75, 3.05) is 18.2 Å². The van der Waals surface area contributed by atoms with Crippen molar-refractivity contribution < 1.29 is 13.5 Å². The molecule has 2 atom stereocenters. The zero-order valence-electron chi connectivity index (χ0n) is 9.40. The van der Waals surface area contributed by atoms with Crippen LogP contribution in [0.4, 0.5) is 0 Å². The van der Waals surface area contributed by atoms with E-state index in [4.69, 9.17) is 16.7 Å². The Morgan fingerprint density at radius 3 is 2.20 bits per heavy atom. The van der Waals surface area contributed by atoms with Gasteiger partial charge in [-0.05, 0) is 11.8 Å². The SMILES string of the molecule is CC(CCl)CS(=O)(=O)N[C@H](CO)C(C)C. The molecule has 0 saturated heterocycles. The van der Waals surface area contributed by atoms with Crippen LogP contribution in [-0.2, 0) is 10.0 Å². The Bertz CT molecular complexity index is 267. The van der Waals surface area contributed by atoms with E-state index in [-0.39, 0.29) is 24.2 Å².